The minimum absolute atomic E-state index is 0.150. The summed E-state index contributed by atoms with van der Waals surface area (Å²) in [4.78, 5) is 12.3. The van der Waals surface area contributed by atoms with Crippen molar-refractivity contribution >= 4 is 29.1 Å². The van der Waals surface area contributed by atoms with E-state index >= 15 is 0 Å². The van der Waals surface area contributed by atoms with Crippen LogP contribution in [0.25, 0.3) is 0 Å². The predicted octanol–water partition coefficient (Wildman–Crippen LogP) is 4.63. The van der Waals surface area contributed by atoms with Gasteiger partial charge in [0, 0.05) is 22.7 Å². The van der Waals surface area contributed by atoms with Crippen LogP contribution in [0.1, 0.15) is 34.5 Å². The normalized spacial score (nSPS) is 12.0. The van der Waals surface area contributed by atoms with Gasteiger partial charge in [0.15, 0.2) is 0 Å². The van der Waals surface area contributed by atoms with Crippen LogP contribution < -0.4 is 5.32 Å². The standard InChI is InChI=1S/C17H17Cl2NO2/c1-11(15-8-7-14(18)9-16(15)19)20-17(21)13-5-3-12(4-6-13)10-22-2/h3-9,11H,10H2,1-2H3,(H,20,21)/t11-/m1/s1. The van der Waals surface area contributed by atoms with Crippen LogP contribution >= 0.6 is 23.2 Å². The van der Waals surface area contributed by atoms with E-state index in [9.17, 15) is 4.79 Å². The van der Waals surface area contributed by atoms with E-state index in [1.165, 1.54) is 0 Å². The molecule has 0 fully saturated rings. The van der Waals surface area contributed by atoms with E-state index in [0.29, 0.717) is 22.2 Å². The molecule has 1 atom stereocenters. The third-order valence-corrected chi connectivity index (χ3v) is 3.87. The van der Waals surface area contributed by atoms with Gasteiger partial charge in [0.05, 0.1) is 12.6 Å². The Morgan fingerprint density at radius 2 is 1.86 bits per heavy atom. The van der Waals surface area contributed by atoms with E-state index in [0.717, 1.165) is 11.1 Å². The molecular weight excluding hydrogens is 321 g/mol. The molecular formula is C17H17Cl2NO2. The Balaban J connectivity index is 2.07. The highest BCUT2D eigenvalue weighted by atomic mass is 35.5. The average molecular weight is 338 g/mol. The molecule has 2 aromatic carbocycles. The molecule has 0 aromatic heterocycles. The number of hydrogen-bond acceptors (Lipinski definition) is 2. The lowest BCUT2D eigenvalue weighted by molar-refractivity contribution is 0.0940. The lowest BCUT2D eigenvalue weighted by Gasteiger charge is -2.16. The average Bonchev–Trinajstić information content (AvgIpc) is 2.48. The summed E-state index contributed by atoms with van der Waals surface area (Å²) in [5.74, 6) is -0.150. The Kier molecular flexibility index (Phi) is 5.83. The summed E-state index contributed by atoms with van der Waals surface area (Å²) in [6.07, 6.45) is 0. The van der Waals surface area contributed by atoms with Crippen LogP contribution in [-0.2, 0) is 11.3 Å². The predicted molar refractivity (Wildman–Crippen MR) is 89.5 cm³/mol. The van der Waals surface area contributed by atoms with E-state index in [1.54, 1.807) is 31.4 Å². The first-order valence-electron chi connectivity index (χ1n) is 6.85. The van der Waals surface area contributed by atoms with Gasteiger partial charge in [-0.15, -0.1) is 0 Å². The van der Waals surface area contributed by atoms with Crippen LogP contribution in [-0.4, -0.2) is 13.0 Å². The molecule has 0 radical (unpaired) electrons. The van der Waals surface area contributed by atoms with Gasteiger partial charge in [-0.2, -0.15) is 0 Å². The molecule has 0 saturated heterocycles. The Morgan fingerprint density at radius 1 is 1.18 bits per heavy atom. The number of rotatable bonds is 5. The molecule has 0 aliphatic heterocycles. The van der Waals surface area contributed by atoms with Gasteiger partial charge >= 0.3 is 0 Å². The lowest BCUT2D eigenvalue weighted by Crippen LogP contribution is -2.26. The zero-order chi connectivity index (χ0) is 16.1. The summed E-state index contributed by atoms with van der Waals surface area (Å²) in [6.45, 7) is 2.41. The van der Waals surface area contributed by atoms with Crippen molar-refractivity contribution < 1.29 is 9.53 Å². The summed E-state index contributed by atoms with van der Waals surface area (Å²) in [5, 5.41) is 4.03. The summed E-state index contributed by atoms with van der Waals surface area (Å²) in [7, 11) is 1.64. The van der Waals surface area contributed by atoms with Crippen molar-refractivity contribution in [3.8, 4) is 0 Å². The van der Waals surface area contributed by atoms with Gasteiger partial charge in [0.2, 0.25) is 0 Å². The molecule has 2 rings (SSSR count). The second-order valence-electron chi connectivity index (χ2n) is 4.99. The molecule has 0 heterocycles. The van der Waals surface area contributed by atoms with Crippen molar-refractivity contribution in [2.24, 2.45) is 0 Å². The first-order chi connectivity index (χ1) is 10.5. The zero-order valence-electron chi connectivity index (χ0n) is 12.4. The van der Waals surface area contributed by atoms with E-state index < -0.39 is 0 Å². The van der Waals surface area contributed by atoms with Crippen molar-refractivity contribution in [3.05, 3.63) is 69.2 Å². The molecule has 22 heavy (non-hydrogen) atoms. The number of carbonyl (C=O) groups excluding carboxylic acids is 1. The van der Waals surface area contributed by atoms with Gasteiger partial charge in [-0.3, -0.25) is 4.79 Å². The molecule has 3 nitrogen and oxygen atoms in total. The van der Waals surface area contributed by atoms with Crippen molar-refractivity contribution in [1.82, 2.24) is 5.32 Å². The van der Waals surface area contributed by atoms with E-state index in [1.807, 2.05) is 25.1 Å². The van der Waals surface area contributed by atoms with Crippen molar-refractivity contribution in [3.63, 3.8) is 0 Å². The van der Waals surface area contributed by atoms with Gasteiger partial charge in [-0.05, 0) is 42.3 Å². The number of amides is 1. The SMILES string of the molecule is COCc1ccc(C(=O)N[C@H](C)c2ccc(Cl)cc2Cl)cc1. The van der Waals surface area contributed by atoms with E-state index in [4.69, 9.17) is 27.9 Å². The Labute approximate surface area is 140 Å². The molecule has 0 unspecified atom stereocenters. The largest absolute Gasteiger partial charge is 0.380 e. The highest BCUT2D eigenvalue weighted by Gasteiger charge is 2.14. The van der Waals surface area contributed by atoms with Gasteiger partial charge in [-0.25, -0.2) is 0 Å². The maximum atomic E-state index is 12.3. The molecule has 1 amide bonds. The minimum Gasteiger partial charge on any atom is -0.380 e. The smallest absolute Gasteiger partial charge is 0.251 e. The number of halogens is 2. The Hall–Kier alpha value is -1.55. The first kappa shape index (κ1) is 16.8. The van der Waals surface area contributed by atoms with Crippen LogP contribution in [0.2, 0.25) is 10.0 Å². The van der Waals surface area contributed by atoms with Gasteiger partial charge in [0.25, 0.3) is 5.91 Å². The highest BCUT2D eigenvalue weighted by Crippen LogP contribution is 2.26. The Bertz CT molecular complexity index is 656. The van der Waals surface area contributed by atoms with E-state index in [2.05, 4.69) is 5.32 Å². The minimum atomic E-state index is -0.212. The fraction of sp³-hybridized carbons (Fsp3) is 0.235. The van der Waals surface area contributed by atoms with Crippen LogP contribution in [0, 0.1) is 0 Å². The van der Waals surface area contributed by atoms with Crippen molar-refractivity contribution in [1.29, 1.82) is 0 Å². The fourth-order valence-electron chi connectivity index (χ4n) is 2.13. The molecule has 0 aliphatic rings. The number of ether oxygens (including phenoxy) is 1. The molecule has 0 saturated carbocycles. The second-order valence-corrected chi connectivity index (χ2v) is 5.83. The zero-order valence-corrected chi connectivity index (χ0v) is 13.9. The molecule has 2 aromatic rings. The molecule has 0 aliphatic carbocycles. The summed E-state index contributed by atoms with van der Waals surface area (Å²) < 4.78 is 5.05. The van der Waals surface area contributed by atoms with Gasteiger partial charge in [0.1, 0.15) is 0 Å². The summed E-state index contributed by atoms with van der Waals surface area (Å²) in [6, 6.07) is 12.3. The molecule has 0 bridgehead atoms. The topological polar surface area (TPSA) is 38.3 Å². The van der Waals surface area contributed by atoms with Crippen molar-refractivity contribution in [2.45, 2.75) is 19.6 Å². The third-order valence-electron chi connectivity index (χ3n) is 3.30. The highest BCUT2D eigenvalue weighted by molar-refractivity contribution is 6.35. The molecule has 5 heteroatoms. The van der Waals surface area contributed by atoms with Crippen LogP contribution in [0.4, 0.5) is 0 Å². The number of nitrogens with one attached hydrogen (secondary N) is 1. The second kappa shape index (κ2) is 7.63. The lowest BCUT2D eigenvalue weighted by atomic mass is 10.1. The van der Waals surface area contributed by atoms with E-state index in [-0.39, 0.29) is 11.9 Å². The first-order valence-corrected chi connectivity index (χ1v) is 7.60. The molecule has 1 N–H and O–H groups in total. The fourth-order valence-corrected chi connectivity index (χ4v) is 2.70. The third kappa shape index (κ3) is 4.23. The number of benzene rings is 2. The number of methoxy groups -OCH3 is 1. The number of carbonyl (C=O) groups is 1. The van der Waals surface area contributed by atoms with Gasteiger partial charge in [-0.1, -0.05) is 41.4 Å². The number of hydrogen-bond donors (Lipinski definition) is 1. The monoisotopic (exact) mass is 337 g/mol. The summed E-state index contributed by atoms with van der Waals surface area (Å²) in [5.41, 5.74) is 2.44. The molecule has 0 spiro atoms. The molecule has 116 valence electrons. The van der Waals surface area contributed by atoms with Crippen LogP contribution in [0.3, 0.4) is 0 Å². The van der Waals surface area contributed by atoms with Crippen LogP contribution in [0.15, 0.2) is 42.5 Å². The van der Waals surface area contributed by atoms with Gasteiger partial charge < -0.3 is 10.1 Å². The summed E-state index contributed by atoms with van der Waals surface area (Å²) >= 11 is 12.0. The quantitative estimate of drug-likeness (QED) is 0.863. The maximum absolute atomic E-state index is 12.3. The van der Waals surface area contributed by atoms with Crippen LogP contribution in [0.5, 0.6) is 0 Å². The Morgan fingerprint density at radius 3 is 2.45 bits per heavy atom. The van der Waals surface area contributed by atoms with Crippen molar-refractivity contribution in [2.75, 3.05) is 7.11 Å². The maximum Gasteiger partial charge on any atom is 0.251 e.